The van der Waals surface area contributed by atoms with Crippen LogP contribution in [-0.4, -0.2) is 31.6 Å². The average molecular weight is 222 g/mol. The highest BCUT2D eigenvalue weighted by Gasteiger charge is 2.16. The first-order chi connectivity index (χ1) is 14.5. The monoisotopic (exact) mass is 221 g/mol. The summed E-state index contributed by atoms with van der Waals surface area (Å²) in [6, 6.07) is -3.54. The van der Waals surface area contributed by atoms with Gasteiger partial charge in [0.25, 0.3) is 0 Å². The predicted molar refractivity (Wildman–Crippen MR) is 65.5 cm³/mol. The van der Waals surface area contributed by atoms with E-state index >= 15 is 0 Å². The molecule has 0 fully saturated rings. The summed E-state index contributed by atoms with van der Waals surface area (Å²) in [7, 11) is 2.96. The normalized spacial score (nSPS) is 47.8. The Balaban J connectivity index is 7.32. The SMILES string of the molecule is [2H]C([2H])([2H])C([2H])([2H])C([2H])([2H])C([2H])([2H])C([2H])([2H])C([2H])([2H])C([2H])([2H])C([2H])([2H])C([2H])(C([2H])([2H])[2H])[N+](C)(C)C. The number of rotatable bonds is 8. The van der Waals surface area contributed by atoms with Crippen molar-refractivity contribution in [3.05, 3.63) is 0 Å². The van der Waals surface area contributed by atoms with Crippen molar-refractivity contribution in [1.29, 1.82) is 0 Å². The van der Waals surface area contributed by atoms with Crippen molar-refractivity contribution in [2.45, 2.75) is 64.3 Å². The third kappa shape index (κ3) is 7.37. The maximum absolute atomic E-state index is 8.43. The zero-order valence-electron chi connectivity index (χ0n) is 29.4. The molecule has 0 saturated carbocycles. The van der Waals surface area contributed by atoms with Gasteiger partial charge in [-0.2, -0.15) is 0 Å². The molecule has 14 heavy (non-hydrogen) atoms. The number of hydrogen-bond donors (Lipinski definition) is 0. The van der Waals surface area contributed by atoms with E-state index in [0.717, 1.165) is 21.1 Å². The molecule has 0 rings (SSSR count). The van der Waals surface area contributed by atoms with E-state index in [4.69, 9.17) is 28.8 Å². The molecule has 0 aromatic heterocycles. The Labute approximate surface area is 121 Å². The van der Waals surface area contributed by atoms with E-state index in [-0.39, 0.29) is 0 Å². The van der Waals surface area contributed by atoms with Crippen LogP contribution in [0.15, 0.2) is 0 Å². The largest absolute Gasteiger partial charge is 0.329 e. The first-order valence-corrected chi connectivity index (χ1v) is 3.82. The van der Waals surface area contributed by atoms with Gasteiger partial charge in [0, 0.05) is 27.4 Å². The Kier molecular flexibility index (Phi) is 1.06. The lowest BCUT2D eigenvalue weighted by atomic mass is 10.1. The topological polar surface area (TPSA) is 0 Å². The summed E-state index contributed by atoms with van der Waals surface area (Å²) < 4.78 is 164. The van der Waals surface area contributed by atoms with Crippen LogP contribution in [0.4, 0.5) is 0 Å². The van der Waals surface area contributed by atoms with E-state index in [1.165, 1.54) is 0 Å². The molecule has 1 atom stereocenters. The van der Waals surface area contributed by atoms with Crippen LogP contribution in [-0.2, 0) is 0 Å². The van der Waals surface area contributed by atoms with Gasteiger partial charge in [-0.05, 0) is 19.6 Å². The van der Waals surface area contributed by atoms with Crippen LogP contribution in [0.2, 0.25) is 0 Å². The molecule has 86 valence electrons. The Morgan fingerprint density at radius 3 is 2.36 bits per heavy atom. The Morgan fingerprint density at radius 2 is 1.79 bits per heavy atom. The molecular weight excluding hydrogens is 170 g/mol. The molecule has 0 heterocycles. The molecule has 1 heteroatoms. The summed E-state index contributed by atoms with van der Waals surface area (Å²) in [6.07, 6.45) is -30.5. The van der Waals surface area contributed by atoms with Crippen LogP contribution >= 0.6 is 0 Å². The number of quaternary nitrogens is 1. The van der Waals surface area contributed by atoms with Crippen molar-refractivity contribution >= 4 is 0 Å². The smallest absolute Gasteiger partial charge is 0.0958 e. The van der Waals surface area contributed by atoms with Gasteiger partial charge in [-0.15, -0.1) is 0 Å². The third-order valence-electron chi connectivity index (χ3n) is 1.16. The van der Waals surface area contributed by atoms with Crippen LogP contribution < -0.4 is 0 Å². The van der Waals surface area contributed by atoms with Crippen LogP contribution in [0, 0.1) is 0 Å². The van der Waals surface area contributed by atoms with Gasteiger partial charge in [0.1, 0.15) is 0 Å². The summed E-state index contributed by atoms with van der Waals surface area (Å²) in [5.74, 6) is 0. The maximum atomic E-state index is 8.43. The summed E-state index contributed by atoms with van der Waals surface area (Å²) >= 11 is 0. The first-order valence-electron chi connectivity index (χ1n) is 14.3. The molecule has 0 N–H and O–H groups in total. The fourth-order valence-corrected chi connectivity index (χ4v) is 0.383. The first kappa shape index (κ1) is 2.03. The summed E-state index contributed by atoms with van der Waals surface area (Å²) in [5.41, 5.74) is 0. The molecule has 0 spiro atoms. The van der Waals surface area contributed by atoms with Gasteiger partial charge in [-0.25, -0.2) is 0 Å². The standard InChI is InChI=1S/C13H30N/c1-6-7-8-9-10-11-12-13(2)14(3,4)5/h13H,6-12H2,1-5H3/q+1/i1D3,2D3,6D2,7D2,8D2,9D2,10D2,11D2,12D2,13D. The fourth-order valence-electron chi connectivity index (χ4n) is 0.383. The second kappa shape index (κ2) is 7.28. The van der Waals surface area contributed by atoms with E-state index in [9.17, 15) is 0 Å². The molecule has 0 radical (unpaired) electrons. The van der Waals surface area contributed by atoms with Gasteiger partial charge in [0.15, 0.2) is 0 Å². The maximum Gasteiger partial charge on any atom is 0.0958 e. The number of hydrogen-bond acceptors (Lipinski definition) is 0. The molecule has 0 aliphatic heterocycles. The minimum Gasteiger partial charge on any atom is -0.329 e. The summed E-state index contributed by atoms with van der Waals surface area (Å²) in [4.78, 5) is 0. The van der Waals surface area contributed by atoms with Crippen molar-refractivity contribution in [2.75, 3.05) is 21.1 Å². The second-order valence-electron chi connectivity index (χ2n) is 3.24. The zero-order valence-corrected chi connectivity index (χ0v) is 8.45. The van der Waals surface area contributed by atoms with Gasteiger partial charge in [0.2, 0.25) is 0 Å². The van der Waals surface area contributed by atoms with Gasteiger partial charge < -0.3 is 4.48 Å². The van der Waals surface area contributed by atoms with Crippen molar-refractivity contribution in [2.24, 2.45) is 0 Å². The molecule has 0 saturated heterocycles. The van der Waals surface area contributed by atoms with Crippen LogP contribution in [0.1, 0.15) is 87.1 Å². The van der Waals surface area contributed by atoms with Crippen LogP contribution in [0.3, 0.4) is 0 Å². The van der Waals surface area contributed by atoms with Crippen LogP contribution in [0.5, 0.6) is 0 Å². The quantitative estimate of drug-likeness (QED) is 0.547. The highest BCUT2D eigenvalue weighted by atomic mass is 15.3. The Hall–Kier alpha value is -0.0400. The van der Waals surface area contributed by atoms with Gasteiger partial charge >= 0.3 is 0 Å². The summed E-state index contributed by atoms with van der Waals surface area (Å²) in [5, 5.41) is 0. The zero-order chi connectivity index (χ0) is 29.5. The molecular formula is C13H30N+. The van der Waals surface area contributed by atoms with E-state index in [1.54, 1.807) is 0 Å². The lowest BCUT2D eigenvalue weighted by Crippen LogP contribution is -2.43. The highest BCUT2D eigenvalue weighted by molar-refractivity contribution is 4.51. The molecule has 0 aromatic carbocycles. The molecule has 0 aliphatic carbocycles. The summed E-state index contributed by atoms with van der Waals surface area (Å²) in [6.45, 7) is -7.54. The van der Waals surface area contributed by atoms with Gasteiger partial charge in [-0.1, -0.05) is 38.7 Å². The lowest BCUT2D eigenvalue weighted by Gasteiger charge is -2.31. The highest BCUT2D eigenvalue weighted by Crippen LogP contribution is 2.13. The molecule has 0 bridgehead atoms. The molecule has 0 aromatic rings. The predicted octanol–water partition coefficient (Wildman–Crippen LogP) is 3.83. The van der Waals surface area contributed by atoms with Gasteiger partial charge in [-0.3, -0.25) is 0 Å². The van der Waals surface area contributed by atoms with Crippen molar-refractivity contribution < 1.29 is 33.3 Å². The second-order valence-corrected chi connectivity index (χ2v) is 3.24. The minimum atomic E-state index is -4.53. The van der Waals surface area contributed by atoms with Crippen molar-refractivity contribution in [3.63, 3.8) is 0 Å². The van der Waals surface area contributed by atoms with Gasteiger partial charge in [0.05, 0.1) is 28.5 Å². The van der Waals surface area contributed by atoms with E-state index < -0.39 is 68.8 Å². The van der Waals surface area contributed by atoms with Crippen molar-refractivity contribution in [3.8, 4) is 0 Å². The van der Waals surface area contributed by atoms with Crippen LogP contribution in [0.25, 0.3) is 0 Å². The molecule has 1 nitrogen and oxygen atoms in total. The number of nitrogens with zero attached hydrogens (tertiary/aromatic N) is 1. The average Bonchev–Trinajstić information content (AvgIpc) is 2.56. The van der Waals surface area contributed by atoms with E-state index in [2.05, 4.69) is 0 Å². The molecule has 0 aliphatic rings. The van der Waals surface area contributed by atoms with E-state index in [1.807, 2.05) is 0 Å². The Bertz CT molecular complexity index is 765. The minimum absolute atomic E-state index is 0.986. The molecule has 1 unspecified atom stereocenters. The third-order valence-corrected chi connectivity index (χ3v) is 1.16. The lowest BCUT2D eigenvalue weighted by molar-refractivity contribution is -0.894. The van der Waals surface area contributed by atoms with E-state index in [0.29, 0.717) is 0 Å². The Morgan fingerprint density at radius 1 is 1.14 bits per heavy atom. The van der Waals surface area contributed by atoms with Crippen molar-refractivity contribution in [1.82, 2.24) is 0 Å². The molecule has 0 amide bonds. The fraction of sp³-hybridized carbons (Fsp3) is 1.00.